The van der Waals surface area contributed by atoms with Gasteiger partial charge in [-0.05, 0) is 37.0 Å². The lowest BCUT2D eigenvalue weighted by molar-refractivity contribution is -0.139. The van der Waals surface area contributed by atoms with Crippen LogP contribution in [0.2, 0.25) is 0 Å². The first kappa shape index (κ1) is 13.9. The summed E-state index contributed by atoms with van der Waals surface area (Å²) >= 11 is 0. The fourth-order valence-corrected chi connectivity index (χ4v) is 1.68. The summed E-state index contributed by atoms with van der Waals surface area (Å²) < 4.78 is 43.4. The third kappa shape index (κ3) is 3.95. The van der Waals surface area contributed by atoms with Crippen LogP contribution in [0.25, 0.3) is 0 Å². The Kier molecular flexibility index (Phi) is 4.43. The lowest BCUT2D eigenvalue weighted by Gasteiger charge is -2.15. The molecular formula is C13H17F3O. The fraction of sp³-hybridized carbons (Fsp3) is 0.538. The molecule has 17 heavy (non-hydrogen) atoms. The Morgan fingerprint density at radius 1 is 1.24 bits per heavy atom. The minimum Gasteiger partial charge on any atom is -0.493 e. The van der Waals surface area contributed by atoms with Crippen molar-refractivity contribution in [1.29, 1.82) is 0 Å². The molecule has 0 spiro atoms. The first-order valence-corrected chi connectivity index (χ1v) is 5.67. The maximum absolute atomic E-state index is 12.8. The molecule has 96 valence electrons. The molecule has 0 aliphatic carbocycles. The second-order valence-electron chi connectivity index (χ2n) is 4.36. The van der Waals surface area contributed by atoms with E-state index in [1.165, 1.54) is 12.1 Å². The van der Waals surface area contributed by atoms with Crippen molar-refractivity contribution in [1.82, 2.24) is 0 Å². The van der Waals surface area contributed by atoms with Crippen LogP contribution in [-0.4, -0.2) is 6.61 Å². The van der Waals surface area contributed by atoms with E-state index in [-0.39, 0.29) is 12.4 Å². The lowest BCUT2D eigenvalue weighted by atomic mass is 10.0. The maximum atomic E-state index is 12.8. The molecule has 0 unspecified atom stereocenters. The standard InChI is InChI=1S/C13H17F3O/c1-4-17-12-6-5-10(7-9(2)3)8-11(12)13(14,15)16/h5-6,8-9H,4,7H2,1-3H3. The second-order valence-corrected chi connectivity index (χ2v) is 4.36. The molecule has 1 aromatic rings. The van der Waals surface area contributed by atoms with Gasteiger partial charge in [-0.3, -0.25) is 0 Å². The molecule has 4 heteroatoms. The minimum absolute atomic E-state index is 0.0903. The van der Waals surface area contributed by atoms with Gasteiger partial charge in [0.25, 0.3) is 0 Å². The number of benzene rings is 1. The Labute approximate surface area is 99.6 Å². The molecular weight excluding hydrogens is 229 g/mol. The van der Waals surface area contributed by atoms with Crippen molar-refractivity contribution < 1.29 is 17.9 Å². The van der Waals surface area contributed by atoms with Crippen LogP contribution in [0.3, 0.4) is 0 Å². The number of hydrogen-bond donors (Lipinski definition) is 0. The van der Waals surface area contributed by atoms with Crippen LogP contribution in [0.15, 0.2) is 18.2 Å². The summed E-state index contributed by atoms with van der Waals surface area (Å²) in [5, 5.41) is 0. The van der Waals surface area contributed by atoms with Crippen LogP contribution < -0.4 is 4.74 Å². The van der Waals surface area contributed by atoms with Crippen LogP contribution in [0.5, 0.6) is 5.75 Å². The van der Waals surface area contributed by atoms with Crippen molar-refractivity contribution in [3.05, 3.63) is 29.3 Å². The van der Waals surface area contributed by atoms with Crippen LogP contribution in [-0.2, 0) is 12.6 Å². The molecule has 0 saturated heterocycles. The van der Waals surface area contributed by atoms with E-state index in [1.807, 2.05) is 13.8 Å². The Balaban J connectivity index is 3.10. The first-order valence-electron chi connectivity index (χ1n) is 5.67. The number of alkyl halides is 3. The summed E-state index contributed by atoms with van der Waals surface area (Å²) in [5.41, 5.74) is 0.00766. The number of ether oxygens (including phenoxy) is 1. The normalized spacial score (nSPS) is 11.9. The maximum Gasteiger partial charge on any atom is 0.419 e. The van der Waals surface area contributed by atoms with E-state index in [1.54, 1.807) is 13.0 Å². The quantitative estimate of drug-likeness (QED) is 0.769. The lowest BCUT2D eigenvalue weighted by Crippen LogP contribution is -2.10. The van der Waals surface area contributed by atoms with Gasteiger partial charge < -0.3 is 4.74 Å². The average molecular weight is 246 g/mol. The molecule has 0 aliphatic heterocycles. The van der Waals surface area contributed by atoms with Crippen molar-refractivity contribution >= 4 is 0 Å². The molecule has 0 heterocycles. The Morgan fingerprint density at radius 2 is 1.88 bits per heavy atom. The highest BCUT2D eigenvalue weighted by atomic mass is 19.4. The Hall–Kier alpha value is -1.19. The van der Waals surface area contributed by atoms with E-state index in [2.05, 4.69) is 0 Å². The van der Waals surface area contributed by atoms with Crippen molar-refractivity contribution in [2.24, 2.45) is 5.92 Å². The molecule has 0 bridgehead atoms. The van der Waals surface area contributed by atoms with Gasteiger partial charge in [0.05, 0.1) is 12.2 Å². The van der Waals surface area contributed by atoms with E-state index in [0.29, 0.717) is 17.9 Å². The predicted octanol–water partition coefficient (Wildman–Crippen LogP) is 4.30. The molecule has 0 radical (unpaired) electrons. The molecule has 0 aromatic heterocycles. The largest absolute Gasteiger partial charge is 0.493 e. The van der Waals surface area contributed by atoms with Gasteiger partial charge in [-0.2, -0.15) is 13.2 Å². The summed E-state index contributed by atoms with van der Waals surface area (Å²) in [6.07, 6.45) is -3.73. The molecule has 1 rings (SSSR count). The average Bonchev–Trinajstić information content (AvgIpc) is 2.18. The molecule has 0 atom stereocenters. The zero-order valence-electron chi connectivity index (χ0n) is 10.3. The van der Waals surface area contributed by atoms with Crippen LogP contribution in [0.4, 0.5) is 13.2 Å². The SMILES string of the molecule is CCOc1ccc(CC(C)C)cc1C(F)(F)F. The molecule has 0 amide bonds. The van der Waals surface area contributed by atoms with E-state index in [0.717, 1.165) is 0 Å². The van der Waals surface area contributed by atoms with Crippen molar-refractivity contribution in [2.75, 3.05) is 6.61 Å². The highest BCUT2D eigenvalue weighted by Crippen LogP contribution is 2.37. The van der Waals surface area contributed by atoms with Gasteiger partial charge in [0.2, 0.25) is 0 Å². The zero-order chi connectivity index (χ0) is 13.1. The number of rotatable bonds is 4. The molecule has 1 aromatic carbocycles. The van der Waals surface area contributed by atoms with Gasteiger partial charge >= 0.3 is 6.18 Å². The molecule has 0 fully saturated rings. The second kappa shape index (κ2) is 5.43. The van der Waals surface area contributed by atoms with Crippen molar-refractivity contribution in [3.8, 4) is 5.75 Å². The van der Waals surface area contributed by atoms with E-state index in [9.17, 15) is 13.2 Å². The van der Waals surface area contributed by atoms with Gasteiger partial charge in [-0.25, -0.2) is 0 Å². The third-order valence-electron chi connectivity index (χ3n) is 2.29. The number of hydrogen-bond acceptors (Lipinski definition) is 1. The van der Waals surface area contributed by atoms with Gasteiger partial charge in [0, 0.05) is 0 Å². The summed E-state index contributed by atoms with van der Waals surface area (Å²) in [6.45, 7) is 5.85. The minimum atomic E-state index is -4.36. The Bertz CT molecular complexity index is 369. The van der Waals surface area contributed by atoms with Crippen LogP contribution in [0, 0.1) is 5.92 Å². The monoisotopic (exact) mass is 246 g/mol. The Morgan fingerprint density at radius 3 is 2.35 bits per heavy atom. The topological polar surface area (TPSA) is 9.23 Å². The van der Waals surface area contributed by atoms with Gasteiger partial charge in [0.1, 0.15) is 5.75 Å². The first-order chi connectivity index (χ1) is 7.84. The third-order valence-corrected chi connectivity index (χ3v) is 2.29. The van der Waals surface area contributed by atoms with Gasteiger partial charge in [-0.1, -0.05) is 19.9 Å². The fourth-order valence-electron chi connectivity index (χ4n) is 1.68. The summed E-state index contributed by atoms with van der Waals surface area (Å²) in [4.78, 5) is 0. The van der Waals surface area contributed by atoms with Gasteiger partial charge in [-0.15, -0.1) is 0 Å². The predicted molar refractivity (Wildman–Crippen MR) is 61.2 cm³/mol. The number of halogens is 3. The molecule has 0 aliphatic rings. The molecule has 0 N–H and O–H groups in total. The van der Waals surface area contributed by atoms with Crippen molar-refractivity contribution in [3.63, 3.8) is 0 Å². The van der Waals surface area contributed by atoms with Gasteiger partial charge in [0.15, 0.2) is 0 Å². The molecule has 0 saturated carbocycles. The smallest absolute Gasteiger partial charge is 0.419 e. The van der Waals surface area contributed by atoms with Crippen LogP contribution in [0.1, 0.15) is 31.9 Å². The van der Waals surface area contributed by atoms with E-state index >= 15 is 0 Å². The summed E-state index contributed by atoms with van der Waals surface area (Å²) in [5.74, 6) is 0.238. The zero-order valence-corrected chi connectivity index (χ0v) is 10.3. The highest BCUT2D eigenvalue weighted by Gasteiger charge is 2.34. The summed E-state index contributed by atoms with van der Waals surface area (Å²) in [7, 11) is 0. The highest BCUT2D eigenvalue weighted by molar-refractivity contribution is 5.39. The van der Waals surface area contributed by atoms with E-state index in [4.69, 9.17) is 4.74 Å². The van der Waals surface area contributed by atoms with Crippen molar-refractivity contribution in [2.45, 2.75) is 33.4 Å². The van der Waals surface area contributed by atoms with Crippen LogP contribution >= 0.6 is 0 Å². The van der Waals surface area contributed by atoms with E-state index < -0.39 is 11.7 Å². The summed E-state index contributed by atoms with van der Waals surface area (Å²) in [6, 6.07) is 4.29. The molecule has 1 nitrogen and oxygen atoms in total.